The number of aryl methyl sites for hydroxylation is 2. The van der Waals surface area contributed by atoms with Gasteiger partial charge in [0, 0.05) is 4.47 Å². The van der Waals surface area contributed by atoms with E-state index in [1.54, 1.807) is 0 Å². The molecule has 0 amide bonds. The van der Waals surface area contributed by atoms with Gasteiger partial charge in [-0.15, -0.1) is 0 Å². The van der Waals surface area contributed by atoms with Gasteiger partial charge >= 0.3 is 0 Å². The Morgan fingerprint density at radius 3 is 2.00 bits per heavy atom. The van der Waals surface area contributed by atoms with Gasteiger partial charge in [-0.25, -0.2) is 0 Å². The molecule has 0 saturated heterocycles. The van der Waals surface area contributed by atoms with Gasteiger partial charge in [0.1, 0.15) is 0 Å². The molecule has 2 aromatic carbocycles. The molecule has 0 heterocycles. The van der Waals surface area contributed by atoms with Crippen molar-refractivity contribution in [1.82, 2.24) is 0 Å². The summed E-state index contributed by atoms with van der Waals surface area (Å²) in [6, 6.07) is 15.1. The first-order chi connectivity index (χ1) is 7.16. The highest BCUT2D eigenvalue weighted by Gasteiger charge is 1.99. The maximum absolute atomic E-state index is 3.51. The van der Waals surface area contributed by atoms with Crippen molar-refractivity contribution in [1.29, 1.82) is 0 Å². The van der Waals surface area contributed by atoms with Gasteiger partial charge in [0.05, 0.1) is 0 Å². The fourth-order valence-corrected chi connectivity index (χ4v) is 1.82. The second-order valence-electron chi connectivity index (χ2n) is 3.83. The Hall–Kier alpha value is -1.08. The van der Waals surface area contributed by atoms with Crippen molar-refractivity contribution in [2.75, 3.05) is 0 Å². The van der Waals surface area contributed by atoms with Gasteiger partial charge in [-0.05, 0) is 36.6 Å². The van der Waals surface area contributed by atoms with Gasteiger partial charge in [0.2, 0.25) is 0 Å². The lowest BCUT2D eigenvalue weighted by Gasteiger charge is -2.05. The number of benzene rings is 2. The van der Waals surface area contributed by atoms with Gasteiger partial charge in [-0.1, -0.05) is 57.9 Å². The zero-order valence-electron chi connectivity index (χ0n) is 8.92. The molecule has 0 saturated carbocycles. The van der Waals surface area contributed by atoms with E-state index in [4.69, 9.17) is 0 Å². The van der Waals surface area contributed by atoms with Crippen LogP contribution in [0.1, 0.15) is 11.1 Å². The van der Waals surface area contributed by atoms with Crippen molar-refractivity contribution in [3.8, 4) is 11.1 Å². The fourth-order valence-electron chi connectivity index (χ4n) is 1.57. The summed E-state index contributed by atoms with van der Waals surface area (Å²) < 4.78 is 1.17. The highest BCUT2D eigenvalue weighted by atomic mass is 79.9. The van der Waals surface area contributed by atoms with Gasteiger partial charge in [0.15, 0.2) is 0 Å². The lowest BCUT2D eigenvalue weighted by atomic mass is 10.0. The first-order valence-electron chi connectivity index (χ1n) is 5.00. The average Bonchev–Trinajstić information content (AvgIpc) is 2.23. The van der Waals surface area contributed by atoms with Crippen LogP contribution in [0.25, 0.3) is 11.1 Å². The molecule has 76 valence electrons. The Bertz CT molecular complexity index is 469. The summed E-state index contributed by atoms with van der Waals surface area (Å²) in [5.74, 6) is 0. The van der Waals surface area contributed by atoms with Gasteiger partial charge in [0.25, 0.3) is 0 Å². The minimum absolute atomic E-state index is 1.17. The van der Waals surface area contributed by atoms with Crippen molar-refractivity contribution >= 4 is 15.9 Å². The summed E-state index contributed by atoms with van der Waals surface area (Å²) >= 11 is 3.51. The number of halogens is 1. The van der Waals surface area contributed by atoms with Crippen LogP contribution in [0, 0.1) is 13.8 Å². The Morgan fingerprint density at radius 2 is 1.40 bits per heavy atom. The van der Waals surface area contributed by atoms with Crippen molar-refractivity contribution in [2.45, 2.75) is 13.8 Å². The predicted molar refractivity (Wildman–Crippen MR) is 69.1 cm³/mol. The third-order valence-electron chi connectivity index (χ3n) is 2.54. The molecule has 0 aliphatic heterocycles. The molecule has 0 fully saturated rings. The molecule has 0 aliphatic carbocycles. The van der Waals surface area contributed by atoms with E-state index in [0.29, 0.717) is 0 Å². The van der Waals surface area contributed by atoms with Crippen LogP contribution < -0.4 is 0 Å². The number of hydrogen-bond donors (Lipinski definition) is 0. The van der Waals surface area contributed by atoms with Crippen molar-refractivity contribution in [3.63, 3.8) is 0 Å². The van der Waals surface area contributed by atoms with Crippen LogP contribution in [-0.2, 0) is 0 Å². The fraction of sp³-hybridized carbons (Fsp3) is 0.143. The van der Waals surface area contributed by atoms with E-state index in [-0.39, 0.29) is 0 Å². The standard InChI is InChI=1S/C14H13Br/c1-10-3-5-12(6-4-10)13-7-8-14(15)11(2)9-13/h3-9H,1-2H3. The third-order valence-corrected chi connectivity index (χ3v) is 3.43. The summed E-state index contributed by atoms with van der Waals surface area (Å²) in [4.78, 5) is 0. The number of rotatable bonds is 1. The van der Waals surface area contributed by atoms with Crippen LogP contribution in [0.5, 0.6) is 0 Å². The first-order valence-corrected chi connectivity index (χ1v) is 5.79. The van der Waals surface area contributed by atoms with E-state index >= 15 is 0 Å². The summed E-state index contributed by atoms with van der Waals surface area (Å²) in [5.41, 5.74) is 5.12. The highest BCUT2D eigenvalue weighted by Crippen LogP contribution is 2.25. The lowest BCUT2D eigenvalue weighted by Crippen LogP contribution is -1.81. The summed E-state index contributed by atoms with van der Waals surface area (Å²) in [5, 5.41) is 0. The highest BCUT2D eigenvalue weighted by molar-refractivity contribution is 9.10. The first kappa shape index (κ1) is 10.4. The van der Waals surface area contributed by atoms with Crippen molar-refractivity contribution in [3.05, 3.63) is 58.1 Å². The van der Waals surface area contributed by atoms with E-state index in [1.165, 1.54) is 26.7 Å². The van der Waals surface area contributed by atoms with Crippen molar-refractivity contribution < 1.29 is 0 Å². The van der Waals surface area contributed by atoms with E-state index in [2.05, 4.69) is 72.2 Å². The molecule has 1 heteroatoms. The topological polar surface area (TPSA) is 0 Å². The van der Waals surface area contributed by atoms with Gasteiger partial charge < -0.3 is 0 Å². The molecule has 0 radical (unpaired) electrons. The molecule has 2 rings (SSSR count). The van der Waals surface area contributed by atoms with Crippen LogP contribution in [0.15, 0.2) is 46.9 Å². The molecule has 15 heavy (non-hydrogen) atoms. The minimum atomic E-state index is 1.17. The zero-order chi connectivity index (χ0) is 10.8. The van der Waals surface area contributed by atoms with Crippen LogP contribution in [0.2, 0.25) is 0 Å². The van der Waals surface area contributed by atoms with E-state index in [9.17, 15) is 0 Å². The molecular weight excluding hydrogens is 248 g/mol. The number of hydrogen-bond acceptors (Lipinski definition) is 0. The minimum Gasteiger partial charge on any atom is -0.0587 e. The molecule has 0 N–H and O–H groups in total. The summed E-state index contributed by atoms with van der Waals surface area (Å²) in [6.45, 7) is 4.22. The van der Waals surface area contributed by atoms with Crippen LogP contribution >= 0.6 is 15.9 Å². The SMILES string of the molecule is Cc1ccc(-c2ccc(Br)c(C)c2)cc1. The zero-order valence-corrected chi connectivity index (χ0v) is 10.5. The van der Waals surface area contributed by atoms with E-state index in [1.807, 2.05) is 0 Å². The molecule has 0 unspecified atom stereocenters. The maximum Gasteiger partial charge on any atom is 0.0204 e. The smallest absolute Gasteiger partial charge is 0.0204 e. The molecule has 0 atom stereocenters. The monoisotopic (exact) mass is 260 g/mol. The summed E-state index contributed by atoms with van der Waals surface area (Å²) in [7, 11) is 0. The Morgan fingerprint density at radius 1 is 0.800 bits per heavy atom. The quantitative estimate of drug-likeness (QED) is 0.696. The predicted octanol–water partition coefficient (Wildman–Crippen LogP) is 4.73. The van der Waals surface area contributed by atoms with E-state index in [0.717, 1.165) is 0 Å². The molecule has 0 bridgehead atoms. The molecule has 2 aromatic rings. The Balaban J connectivity index is 2.45. The molecular formula is C14H13Br. The van der Waals surface area contributed by atoms with E-state index < -0.39 is 0 Å². The molecule has 0 aromatic heterocycles. The van der Waals surface area contributed by atoms with Crippen molar-refractivity contribution in [2.24, 2.45) is 0 Å². The average molecular weight is 261 g/mol. The molecule has 0 spiro atoms. The Labute approximate surface area is 99.1 Å². The van der Waals surface area contributed by atoms with Gasteiger partial charge in [-0.2, -0.15) is 0 Å². The third kappa shape index (κ3) is 2.29. The normalized spacial score (nSPS) is 10.3. The molecule has 0 nitrogen and oxygen atoms in total. The van der Waals surface area contributed by atoms with Crippen LogP contribution in [-0.4, -0.2) is 0 Å². The van der Waals surface area contributed by atoms with Crippen LogP contribution in [0.3, 0.4) is 0 Å². The summed E-state index contributed by atoms with van der Waals surface area (Å²) in [6.07, 6.45) is 0. The maximum atomic E-state index is 3.51. The Kier molecular flexibility index (Phi) is 2.92. The largest absolute Gasteiger partial charge is 0.0587 e. The van der Waals surface area contributed by atoms with Gasteiger partial charge in [-0.3, -0.25) is 0 Å². The second-order valence-corrected chi connectivity index (χ2v) is 4.68. The second kappa shape index (κ2) is 4.19. The van der Waals surface area contributed by atoms with Crippen LogP contribution in [0.4, 0.5) is 0 Å². The lowest BCUT2D eigenvalue weighted by molar-refractivity contribution is 1.42. The molecule has 0 aliphatic rings.